The highest BCUT2D eigenvalue weighted by molar-refractivity contribution is 5.79. The summed E-state index contributed by atoms with van der Waals surface area (Å²) >= 11 is 0. The Kier molecular flexibility index (Phi) is 4.80. The van der Waals surface area contributed by atoms with Gasteiger partial charge in [0.15, 0.2) is 0 Å². The lowest BCUT2D eigenvalue weighted by molar-refractivity contribution is -0.126. The highest BCUT2D eigenvalue weighted by atomic mass is 16.5. The van der Waals surface area contributed by atoms with Crippen LogP contribution in [0.4, 0.5) is 0 Å². The minimum Gasteiger partial charge on any atom is -0.383 e. The molecule has 17 heavy (non-hydrogen) atoms. The number of piperidine rings is 1. The summed E-state index contributed by atoms with van der Waals surface area (Å²) < 4.78 is 5.09. The van der Waals surface area contributed by atoms with Crippen LogP contribution in [0.25, 0.3) is 0 Å². The number of likely N-dealkylation sites (tertiary alicyclic amines) is 1. The van der Waals surface area contributed by atoms with E-state index in [9.17, 15) is 4.79 Å². The van der Waals surface area contributed by atoms with Crippen LogP contribution in [0.15, 0.2) is 0 Å². The zero-order valence-electron chi connectivity index (χ0n) is 10.8. The molecule has 98 valence electrons. The molecule has 0 aromatic carbocycles. The normalized spacial score (nSPS) is 25.8. The van der Waals surface area contributed by atoms with Crippen molar-refractivity contribution < 1.29 is 9.53 Å². The van der Waals surface area contributed by atoms with Crippen molar-refractivity contribution in [1.29, 1.82) is 0 Å². The van der Waals surface area contributed by atoms with Crippen LogP contribution < -0.4 is 5.32 Å². The minimum absolute atomic E-state index is 0.194. The number of ether oxygens (including phenoxy) is 1. The Bertz CT molecular complexity index is 254. The summed E-state index contributed by atoms with van der Waals surface area (Å²) in [6.45, 7) is 4.61. The van der Waals surface area contributed by atoms with Crippen molar-refractivity contribution in [2.75, 3.05) is 39.9 Å². The van der Waals surface area contributed by atoms with Gasteiger partial charge in [-0.25, -0.2) is 0 Å². The van der Waals surface area contributed by atoms with Crippen LogP contribution in [0.2, 0.25) is 0 Å². The predicted molar refractivity (Wildman–Crippen MR) is 66.8 cm³/mol. The number of carbonyl (C=O) groups is 1. The van der Waals surface area contributed by atoms with Gasteiger partial charge in [-0.15, -0.1) is 0 Å². The maximum absolute atomic E-state index is 12.0. The molecule has 1 N–H and O–H groups in total. The number of nitrogens with zero attached hydrogens (tertiary/aromatic N) is 1. The SMILES string of the molecule is COCCN1CCC[C@@H](C(=O)NCC2CC2)C1. The van der Waals surface area contributed by atoms with E-state index >= 15 is 0 Å². The molecule has 1 saturated carbocycles. The Morgan fingerprint density at radius 2 is 2.24 bits per heavy atom. The van der Waals surface area contributed by atoms with Crippen molar-refractivity contribution in [2.45, 2.75) is 25.7 Å². The third kappa shape index (κ3) is 4.28. The second-order valence-electron chi connectivity index (χ2n) is 5.32. The van der Waals surface area contributed by atoms with Crippen molar-refractivity contribution in [1.82, 2.24) is 10.2 Å². The summed E-state index contributed by atoms with van der Waals surface area (Å²) in [6.07, 6.45) is 4.76. The molecule has 0 aromatic rings. The number of methoxy groups -OCH3 is 1. The van der Waals surface area contributed by atoms with E-state index in [1.54, 1.807) is 7.11 Å². The molecule has 2 rings (SSSR count). The molecule has 4 nitrogen and oxygen atoms in total. The van der Waals surface area contributed by atoms with E-state index in [0.717, 1.165) is 51.5 Å². The Morgan fingerprint density at radius 3 is 2.94 bits per heavy atom. The van der Waals surface area contributed by atoms with E-state index in [0.29, 0.717) is 0 Å². The molecule has 1 amide bonds. The first-order chi connectivity index (χ1) is 8.29. The van der Waals surface area contributed by atoms with Gasteiger partial charge in [0.05, 0.1) is 12.5 Å². The van der Waals surface area contributed by atoms with Gasteiger partial charge in [-0.2, -0.15) is 0 Å². The predicted octanol–water partition coefficient (Wildman–Crippen LogP) is 0.871. The van der Waals surface area contributed by atoms with Gasteiger partial charge in [-0.05, 0) is 38.1 Å². The lowest BCUT2D eigenvalue weighted by atomic mass is 9.97. The van der Waals surface area contributed by atoms with Gasteiger partial charge in [0, 0.05) is 26.7 Å². The maximum Gasteiger partial charge on any atom is 0.224 e. The van der Waals surface area contributed by atoms with Crippen molar-refractivity contribution in [2.24, 2.45) is 11.8 Å². The molecule has 2 aliphatic rings. The number of rotatable bonds is 6. The molecular weight excluding hydrogens is 216 g/mol. The highest BCUT2D eigenvalue weighted by Gasteiger charge is 2.27. The van der Waals surface area contributed by atoms with Crippen LogP contribution >= 0.6 is 0 Å². The van der Waals surface area contributed by atoms with Crippen LogP contribution in [0.1, 0.15) is 25.7 Å². The number of amides is 1. The molecule has 1 heterocycles. The van der Waals surface area contributed by atoms with E-state index in [1.165, 1.54) is 12.8 Å². The van der Waals surface area contributed by atoms with E-state index in [-0.39, 0.29) is 11.8 Å². The molecule has 0 radical (unpaired) electrons. The van der Waals surface area contributed by atoms with Gasteiger partial charge in [0.25, 0.3) is 0 Å². The Labute approximate surface area is 104 Å². The molecule has 2 fully saturated rings. The molecule has 0 spiro atoms. The smallest absolute Gasteiger partial charge is 0.224 e. The van der Waals surface area contributed by atoms with E-state index in [4.69, 9.17) is 4.74 Å². The van der Waals surface area contributed by atoms with Crippen LogP contribution in [-0.2, 0) is 9.53 Å². The lowest BCUT2D eigenvalue weighted by Gasteiger charge is -2.31. The van der Waals surface area contributed by atoms with Gasteiger partial charge >= 0.3 is 0 Å². The average molecular weight is 240 g/mol. The van der Waals surface area contributed by atoms with Crippen molar-refractivity contribution in [3.05, 3.63) is 0 Å². The summed E-state index contributed by atoms with van der Waals surface area (Å²) in [5.74, 6) is 1.23. The third-order valence-corrected chi connectivity index (χ3v) is 3.75. The van der Waals surface area contributed by atoms with Crippen molar-refractivity contribution in [3.63, 3.8) is 0 Å². The van der Waals surface area contributed by atoms with Crippen LogP contribution in [0.5, 0.6) is 0 Å². The Morgan fingerprint density at radius 1 is 1.41 bits per heavy atom. The third-order valence-electron chi connectivity index (χ3n) is 3.75. The monoisotopic (exact) mass is 240 g/mol. The summed E-state index contributed by atoms with van der Waals surface area (Å²) in [4.78, 5) is 14.3. The van der Waals surface area contributed by atoms with Crippen LogP contribution in [0, 0.1) is 11.8 Å². The lowest BCUT2D eigenvalue weighted by Crippen LogP contribution is -2.44. The maximum atomic E-state index is 12.0. The first-order valence-corrected chi connectivity index (χ1v) is 6.78. The number of nitrogens with one attached hydrogen (secondary N) is 1. The standard InChI is InChI=1S/C13H24N2O2/c1-17-8-7-15-6-2-3-12(10-15)13(16)14-9-11-4-5-11/h11-12H,2-10H2,1H3,(H,14,16)/t12-/m1/s1. The fourth-order valence-corrected chi connectivity index (χ4v) is 2.40. The molecule has 1 aliphatic heterocycles. The fraction of sp³-hybridized carbons (Fsp3) is 0.923. The summed E-state index contributed by atoms with van der Waals surface area (Å²) in [6, 6.07) is 0. The van der Waals surface area contributed by atoms with Crippen molar-refractivity contribution >= 4 is 5.91 Å². The molecule has 1 saturated heterocycles. The molecule has 1 aliphatic carbocycles. The Hall–Kier alpha value is -0.610. The topological polar surface area (TPSA) is 41.6 Å². The van der Waals surface area contributed by atoms with E-state index in [2.05, 4.69) is 10.2 Å². The zero-order valence-corrected chi connectivity index (χ0v) is 10.8. The highest BCUT2D eigenvalue weighted by Crippen LogP contribution is 2.27. The largest absolute Gasteiger partial charge is 0.383 e. The number of hydrogen-bond donors (Lipinski definition) is 1. The number of carbonyl (C=O) groups excluding carboxylic acids is 1. The van der Waals surface area contributed by atoms with E-state index in [1.807, 2.05) is 0 Å². The first-order valence-electron chi connectivity index (χ1n) is 6.78. The molecule has 0 aromatic heterocycles. The molecule has 1 atom stereocenters. The zero-order chi connectivity index (χ0) is 12.1. The van der Waals surface area contributed by atoms with Crippen molar-refractivity contribution in [3.8, 4) is 0 Å². The van der Waals surface area contributed by atoms with Gasteiger partial charge < -0.3 is 15.0 Å². The first kappa shape index (κ1) is 12.8. The second-order valence-corrected chi connectivity index (χ2v) is 5.32. The number of hydrogen-bond acceptors (Lipinski definition) is 3. The van der Waals surface area contributed by atoms with Gasteiger partial charge in [-0.1, -0.05) is 0 Å². The van der Waals surface area contributed by atoms with Gasteiger partial charge in [0.1, 0.15) is 0 Å². The summed E-state index contributed by atoms with van der Waals surface area (Å²) in [7, 11) is 1.73. The second kappa shape index (κ2) is 6.36. The van der Waals surface area contributed by atoms with Crippen LogP contribution in [-0.4, -0.2) is 50.7 Å². The summed E-state index contributed by atoms with van der Waals surface area (Å²) in [5.41, 5.74) is 0. The quantitative estimate of drug-likeness (QED) is 0.749. The van der Waals surface area contributed by atoms with E-state index < -0.39 is 0 Å². The molecule has 4 heteroatoms. The fourth-order valence-electron chi connectivity index (χ4n) is 2.40. The van der Waals surface area contributed by atoms with Crippen LogP contribution in [0.3, 0.4) is 0 Å². The van der Waals surface area contributed by atoms with Gasteiger partial charge in [0.2, 0.25) is 5.91 Å². The van der Waals surface area contributed by atoms with Gasteiger partial charge in [-0.3, -0.25) is 4.79 Å². The Balaban J connectivity index is 1.69. The average Bonchev–Trinajstić information content (AvgIpc) is 3.18. The molecule has 0 bridgehead atoms. The molecule has 0 unspecified atom stereocenters. The summed E-state index contributed by atoms with van der Waals surface area (Å²) in [5, 5.41) is 3.09. The minimum atomic E-state index is 0.194. The molecular formula is C13H24N2O2.